The van der Waals surface area contributed by atoms with E-state index in [1.807, 2.05) is 24.3 Å². The van der Waals surface area contributed by atoms with Crippen LogP contribution in [-0.4, -0.2) is 53.3 Å². The van der Waals surface area contributed by atoms with Crippen molar-refractivity contribution in [2.45, 2.75) is 136 Å². The van der Waals surface area contributed by atoms with E-state index in [1.165, 1.54) is 6.42 Å². The Kier molecular flexibility index (Phi) is 14.3. The number of hydrogen-bond donors (Lipinski definition) is 6. The maximum absolute atomic E-state index is 11.8. The van der Waals surface area contributed by atoms with E-state index in [0.717, 1.165) is 145 Å². The first-order valence-corrected chi connectivity index (χ1v) is 20.7. The highest BCUT2D eigenvalue weighted by Crippen LogP contribution is 2.39. The molecule has 6 N–H and O–H groups in total. The van der Waals surface area contributed by atoms with Gasteiger partial charge in [-0.2, -0.15) is 0 Å². The lowest BCUT2D eigenvalue weighted by atomic mass is 9.98. The van der Waals surface area contributed by atoms with Crippen molar-refractivity contribution in [1.29, 1.82) is 0 Å². The average molecular weight is 749 g/mol. The lowest BCUT2D eigenvalue weighted by Crippen LogP contribution is -2.19. The molecule has 9 heteroatoms. The van der Waals surface area contributed by atoms with Crippen LogP contribution < -0.4 is 4.74 Å². The van der Waals surface area contributed by atoms with E-state index in [1.54, 1.807) is 6.07 Å². The normalized spacial score (nSPS) is 15.8. The second kappa shape index (κ2) is 19.5. The van der Waals surface area contributed by atoms with E-state index in [4.69, 9.17) is 14.7 Å². The molecule has 0 unspecified atom stereocenters. The quantitative estimate of drug-likeness (QED) is 0.0364. The van der Waals surface area contributed by atoms with Gasteiger partial charge in [-0.1, -0.05) is 90.7 Å². The summed E-state index contributed by atoms with van der Waals surface area (Å²) in [5.74, 6) is 0.430. The third-order valence-electron chi connectivity index (χ3n) is 10.9. The summed E-state index contributed by atoms with van der Waals surface area (Å²) < 4.78 is 5.62. The molecule has 4 aromatic rings. The number of aliphatic hydroxyl groups excluding tert-OH is 4. The smallest absolute Gasteiger partial charge is 0.220 e. The molecule has 1 aromatic carbocycles. The predicted molar refractivity (Wildman–Crippen MR) is 223 cm³/mol. The summed E-state index contributed by atoms with van der Waals surface area (Å²) in [5.41, 5.74) is 11.0. The lowest BCUT2D eigenvalue weighted by molar-refractivity contribution is -0.0548. The van der Waals surface area contributed by atoms with Gasteiger partial charge in [0.05, 0.1) is 22.8 Å². The van der Waals surface area contributed by atoms with Gasteiger partial charge in [0.15, 0.2) is 0 Å². The van der Waals surface area contributed by atoms with Crippen LogP contribution in [0, 0.1) is 0 Å². The second-order valence-electron chi connectivity index (χ2n) is 15.1. The predicted octanol–water partition coefficient (Wildman–Crippen LogP) is 9.98. The standard InChI is InChI=1S/C46H60N4O5/c1-4-7-10-13-19-32-35-22-23-37(47-35)33(20-14-11-8-5-2)43-45(53)46(54)44(50-43)34(21-15-12-9-6-3)38-25-27-40(49-38)42(39-26-24-36(32)48-39)30-17-16-18-31(28-30)55-41(52)29-51/h16-18,22-28,41,45-46,48-49,51-54H,4-15,19-21,29H2,1-3H3/t41-,45-,46+/m0/s1. The minimum Gasteiger partial charge on any atom is -0.463 e. The van der Waals surface area contributed by atoms with Crippen molar-refractivity contribution in [3.8, 4) is 16.9 Å². The SMILES string of the molecule is CCCCCCc1c2nc(c(CCCCCC)c3ccc([nH]3)c(-c3cccc(O[C@H](O)CO)c3)c3ccc([nH]3)c(CCCCCC)c3nc1[C@H](O)[C@@H]3O)C=C2. The monoisotopic (exact) mass is 748 g/mol. The van der Waals surface area contributed by atoms with E-state index < -0.39 is 25.1 Å². The summed E-state index contributed by atoms with van der Waals surface area (Å²) in [6, 6.07) is 15.9. The summed E-state index contributed by atoms with van der Waals surface area (Å²) in [5, 5.41) is 43.2. The zero-order chi connectivity index (χ0) is 38.7. The molecule has 0 spiro atoms. The van der Waals surface area contributed by atoms with Crippen LogP contribution in [0.3, 0.4) is 0 Å². The molecule has 9 nitrogen and oxygen atoms in total. The van der Waals surface area contributed by atoms with Crippen molar-refractivity contribution in [3.05, 3.63) is 88.0 Å². The molecule has 0 saturated carbocycles. The first-order valence-electron chi connectivity index (χ1n) is 20.7. The van der Waals surface area contributed by atoms with Crippen LogP contribution in [0.2, 0.25) is 0 Å². The highest BCUT2D eigenvalue weighted by Gasteiger charge is 2.34. The molecule has 294 valence electrons. The minimum atomic E-state index is -1.34. The number of ether oxygens (including phenoxy) is 1. The Balaban J connectivity index is 1.68. The van der Waals surface area contributed by atoms with E-state index in [-0.39, 0.29) is 0 Å². The molecule has 0 saturated heterocycles. The number of nitrogens with zero attached hydrogens (tertiary/aromatic N) is 2. The van der Waals surface area contributed by atoms with Crippen molar-refractivity contribution < 1.29 is 25.2 Å². The van der Waals surface area contributed by atoms with Crippen LogP contribution in [-0.2, 0) is 19.3 Å². The van der Waals surface area contributed by atoms with Crippen molar-refractivity contribution in [2.75, 3.05) is 6.61 Å². The number of unbranched alkanes of at least 4 members (excludes halogenated alkanes) is 9. The van der Waals surface area contributed by atoms with E-state index in [0.29, 0.717) is 23.6 Å². The number of aromatic amines is 2. The molecule has 2 aliphatic heterocycles. The molecule has 3 atom stereocenters. The average Bonchev–Trinajstić information content (AvgIpc) is 4.02. The fourth-order valence-electron chi connectivity index (χ4n) is 7.94. The first-order chi connectivity index (χ1) is 26.9. The number of rotatable bonds is 19. The van der Waals surface area contributed by atoms with Crippen molar-refractivity contribution in [3.63, 3.8) is 0 Å². The van der Waals surface area contributed by atoms with E-state index >= 15 is 0 Å². The third-order valence-corrected chi connectivity index (χ3v) is 10.9. The minimum absolute atomic E-state index is 0.430. The Bertz CT molecular complexity index is 2080. The van der Waals surface area contributed by atoms with E-state index in [2.05, 4.69) is 61.1 Å². The first kappa shape index (κ1) is 40.4. The number of aryl methyl sites for hydroxylation is 2. The van der Waals surface area contributed by atoms with Crippen LogP contribution in [0.4, 0.5) is 0 Å². The number of aliphatic hydroxyl groups is 4. The Morgan fingerprint density at radius 1 is 0.618 bits per heavy atom. The molecule has 55 heavy (non-hydrogen) atoms. The summed E-state index contributed by atoms with van der Waals surface area (Å²) in [4.78, 5) is 17.9. The Labute approximate surface area is 325 Å². The van der Waals surface area contributed by atoms with Crippen LogP contribution >= 0.6 is 0 Å². The number of hydrogen-bond acceptors (Lipinski definition) is 7. The molecular formula is C46H60N4O5. The summed E-state index contributed by atoms with van der Waals surface area (Å²) in [6.07, 6.45) is 15.7. The van der Waals surface area contributed by atoms with E-state index in [9.17, 15) is 20.4 Å². The summed E-state index contributed by atoms with van der Waals surface area (Å²) in [6.45, 7) is 6.10. The number of benzene rings is 1. The van der Waals surface area contributed by atoms with Crippen LogP contribution in [0.1, 0.15) is 149 Å². The largest absolute Gasteiger partial charge is 0.463 e. The molecular weight excluding hydrogens is 689 g/mol. The molecule has 6 rings (SSSR count). The molecule has 5 heterocycles. The fourth-order valence-corrected chi connectivity index (χ4v) is 7.94. The fraction of sp³-hybridized carbons (Fsp3) is 0.478. The number of H-pyrrole nitrogens is 2. The van der Waals surface area contributed by atoms with Gasteiger partial charge in [0, 0.05) is 38.8 Å². The molecule has 0 aliphatic carbocycles. The van der Waals surface area contributed by atoms with Gasteiger partial charge in [-0.05, 0) is 98.2 Å². The molecule has 2 aliphatic rings. The lowest BCUT2D eigenvalue weighted by Gasteiger charge is -2.13. The van der Waals surface area contributed by atoms with Gasteiger partial charge in [-0.15, -0.1) is 0 Å². The van der Waals surface area contributed by atoms with Gasteiger partial charge in [0.2, 0.25) is 6.29 Å². The topological polar surface area (TPSA) is 148 Å². The third kappa shape index (κ3) is 9.58. The second-order valence-corrected chi connectivity index (χ2v) is 15.1. The van der Waals surface area contributed by atoms with Gasteiger partial charge in [0.1, 0.15) is 24.6 Å². The number of aromatic nitrogens is 4. The van der Waals surface area contributed by atoms with Gasteiger partial charge in [-0.3, -0.25) is 4.98 Å². The van der Waals surface area contributed by atoms with Gasteiger partial charge >= 0.3 is 0 Å². The Hall–Kier alpha value is -4.28. The maximum atomic E-state index is 11.8. The number of nitrogens with one attached hydrogen (secondary N) is 2. The van der Waals surface area contributed by atoms with Crippen molar-refractivity contribution >= 4 is 34.2 Å². The molecule has 0 amide bonds. The van der Waals surface area contributed by atoms with Crippen LogP contribution in [0.25, 0.3) is 45.3 Å². The van der Waals surface area contributed by atoms with Gasteiger partial charge in [-0.25, -0.2) is 4.98 Å². The highest BCUT2D eigenvalue weighted by molar-refractivity contribution is 5.94. The molecule has 8 bridgehead atoms. The van der Waals surface area contributed by atoms with Gasteiger partial charge in [0.25, 0.3) is 0 Å². The molecule has 3 aromatic heterocycles. The molecule has 0 fully saturated rings. The zero-order valence-corrected chi connectivity index (χ0v) is 32.9. The summed E-state index contributed by atoms with van der Waals surface area (Å²) in [7, 11) is 0. The molecule has 0 radical (unpaired) electrons. The van der Waals surface area contributed by atoms with Gasteiger partial charge < -0.3 is 35.1 Å². The van der Waals surface area contributed by atoms with Crippen molar-refractivity contribution in [2.24, 2.45) is 0 Å². The van der Waals surface area contributed by atoms with Crippen molar-refractivity contribution in [1.82, 2.24) is 19.9 Å². The number of fused-ring (bicyclic) bond motifs is 8. The Morgan fingerprint density at radius 2 is 1.13 bits per heavy atom. The highest BCUT2D eigenvalue weighted by atomic mass is 16.6. The Morgan fingerprint density at radius 3 is 1.71 bits per heavy atom. The maximum Gasteiger partial charge on any atom is 0.220 e. The summed E-state index contributed by atoms with van der Waals surface area (Å²) >= 11 is 0. The van der Waals surface area contributed by atoms with Crippen LogP contribution in [0.15, 0.2) is 48.5 Å². The zero-order valence-electron chi connectivity index (χ0n) is 32.9. The van der Waals surface area contributed by atoms with Crippen LogP contribution in [0.5, 0.6) is 5.75 Å².